The topological polar surface area (TPSA) is 48.9 Å². The van der Waals surface area contributed by atoms with Gasteiger partial charge in [-0.05, 0) is 91.1 Å². The molecule has 3 aromatic rings. The van der Waals surface area contributed by atoms with Crippen molar-refractivity contribution >= 4 is 11.6 Å². The number of para-hydroxylation sites is 1. The molecule has 0 unspecified atom stereocenters. The average Bonchev–Trinajstić information content (AvgIpc) is 2.99. The van der Waals surface area contributed by atoms with Crippen LogP contribution in [0.3, 0.4) is 0 Å². The van der Waals surface area contributed by atoms with E-state index in [9.17, 15) is 9.18 Å². The fourth-order valence-electron chi connectivity index (χ4n) is 6.35. The minimum atomic E-state index is -0.246. The number of ether oxygens (including phenoxy) is 1. The maximum Gasteiger partial charge on any atom is 0.224 e. The van der Waals surface area contributed by atoms with Crippen molar-refractivity contribution in [2.24, 2.45) is 5.41 Å². The molecule has 7 heteroatoms. The maximum absolute atomic E-state index is 13.3. The number of carbonyl (C=O) groups is 1. The van der Waals surface area contributed by atoms with Crippen LogP contribution in [0.25, 0.3) is 0 Å². The summed E-state index contributed by atoms with van der Waals surface area (Å²) in [7, 11) is 1.95. The Hall–Kier alpha value is -3.45. The van der Waals surface area contributed by atoms with Crippen molar-refractivity contribution in [2.75, 3.05) is 51.3 Å². The predicted octanol–water partition coefficient (Wildman–Crippen LogP) is 5.96. The number of halogens is 1. The molecule has 5 rings (SSSR count). The summed E-state index contributed by atoms with van der Waals surface area (Å²) >= 11 is 0. The van der Waals surface area contributed by atoms with E-state index in [4.69, 9.17) is 4.74 Å². The molecule has 0 aliphatic carbocycles. The second kappa shape index (κ2) is 13.9. The summed E-state index contributed by atoms with van der Waals surface area (Å²) in [6.07, 6.45) is 10.8. The molecule has 2 aliphatic heterocycles. The molecular weight excluding hydrogens is 515 g/mol. The Kier molecular flexibility index (Phi) is 9.88. The molecule has 0 bridgehead atoms. The van der Waals surface area contributed by atoms with Gasteiger partial charge in [0.05, 0.1) is 0 Å². The lowest BCUT2D eigenvalue weighted by Crippen LogP contribution is -2.48. The fraction of sp³-hybridized carbons (Fsp3) is 0.471. The van der Waals surface area contributed by atoms with Crippen molar-refractivity contribution in [2.45, 2.75) is 51.5 Å². The highest BCUT2D eigenvalue weighted by Crippen LogP contribution is 2.39. The molecule has 1 aromatic heterocycles. The van der Waals surface area contributed by atoms with Crippen molar-refractivity contribution in [3.63, 3.8) is 0 Å². The molecule has 41 heavy (non-hydrogen) atoms. The van der Waals surface area contributed by atoms with Crippen LogP contribution in [0.2, 0.25) is 0 Å². The Morgan fingerprint density at radius 1 is 0.976 bits per heavy atom. The Bertz CT molecular complexity index is 1250. The molecule has 0 N–H and O–H groups in total. The number of piperidine rings is 1. The van der Waals surface area contributed by atoms with Crippen LogP contribution in [-0.2, 0) is 17.8 Å². The molecule has 1 saturated heterocycles. The molecule has 1 amide bonds. The van der Waals surface area contributed by atoms with Crippen LogP contribution in [0.1, 0.15) is 49.7 Å². The number of fused-ring (bicyclic) bond motifs is 1. The van der Waals surface area contributed by atoms with Gasteiger partial charge in [0, 0.05) is 70.8 Å². The van der Waals surface area contributed by atoms with Crippen LogP contribution in [0.4, 0.5) is 10.1 Å². The largest absolute Gasteiger partial charge is 0.492 e. The van der Waals surface area contributed by atoms with Crippen LogP contribution in [0.15, 0.2) is 73.1 Å². The van der Waals surface area contributed by atoms with Gasteiger partial charge in [-0.1, -0.05) is 24.6 Å². The van der Waals surface area contributed by atoms with E-state index < -0.39 is 0 Å². The summed E-state index contributed by atoms with van der Waals surface area (Å²) in [4.78, 5) is 24.0. The molecule has 1 fully saturated rings. The number of pyridine rings is 1. The monoisotopic (exact) mass is 558 g/mol. The lowest BCUT2D eigenvalue weighted by molar-refractivity contribution is -0.133. The quantitative estimate of drug-likeness (QED) is 0.374. The summed E-state index contributed by atoms with van der Waals surface area (Å²) in [5.74, 6) is 0.980. The number of amides is 1. The van der Waals surface area contributed by atoms with E-state index in [1.54, 1.807) is 12.1 Å². The van der Waals surface area contributed by atoms with E-state index in [0.29, 0.717) is 19.6 Å². The first kappa shape index (κ1) is 29.1. The molecule has 0 radical (unpaired) electrons. The van der Waals surface area contributed by atoms with Gasteiger partial charge in [0.25, 0.3) is 0 Å². The molecule has 3 heterocycles. The number of rotatable bonds is 6. The zero-order valence-corrected chi connectivity index (χ0v) is 24.3. The first-order valence-electron chi connectivity index (χ1n) is 15.1. The molecule has 0 atom stereocenters. The van der Waals surface area contributed by atoms with Gasteiger partial charge in [-0.2, -0.15) is 0 Å². The highest BCUT2D eigenvalue weighted by Gasteiger charge is 2.37. The van der Waals surface area contributed by atoms with E-state index in [2.05, 4.69) is 51.2 Å². The van der Waals surface area contributed by atoms with E-state index in [1.807, 2.05) is 24.3 Å². The van der Waals surface area contributed by atoms with Gasteiger partial charge in [0.15, 0.2) is 0 Å². The van der Waals surface area contributed by atoms with Crippen molar-refractivity contribution < 1.29 is 13.9 Å². The summed E-state index contributed by atoms with van der Waals surface area (Å²) in [5, 5.41) is 0. The van der Waals surface area contributed by atoms with E-state index in [-0.39, 0.29) is 17.1 Å². The van der Waals surface area contributed by atoms with Crippen molar-refractivity contribution in [3.8, 4) is 5.75 Å². The Morgan fingerprint density at radius 2 is 1.73 bits per heavy atom. The number of carbonyl (C=O) groups excluding carboxylic acids is 1. The summed E-state index contributed by atoms with van der Waals surface area (Å²) in [5.41, 5.74) is 3.67. The number of anilines is 1. The summed E-state index contributed by atoms with van der Waals surface area (Å²) in [6.45, 7) is 5.63. The Morgan fingerprint density at radius 3 is 2.51 bits per heavy atom. The van der Waals surface area contributed by atoms with Gasteiger partial charge in [-0.3, -0.25) is 14.7 Å². The maximum atomic E-state index is 13.3. The van der Waals surface area contributed by atoms with Crippen LogP contribution in [0, 0.1) is 11.2 Å². The minimum Gasteiger partial charge on any atom is -0.492 e. The first-order valence-corrected chi connectivity index (χ1v) is 15.1. The number of likely N-dealkylation sites (tertiary alicyclic amines) is 1. The molecule has 0 saturated carbocycles. The van der Waals surface area contributed by atoms with Crippen LogP contribution in [-0.4, -0.2) is 67.1 Å². The fourth-order valence-corrected chi connectivity index (χ4v) is 6.35. The van der Waals surface area contributed by atoms with Crippen LogP contribution >= 0.6 is 0 Å². The lowest BCUT2D eigenvalue weighted by Gasteiger charge is -2.45. The van der Waals surface area contributed by atoms with Crippen molar-refractivity contribution in [1.29, 1.82) is 0 Å². The molecule has 2 aliphatic rings. The predicted molar refractivity (Wildman–Crippen MR) is 162 cm³/mol. The smallest absolute Gasteiger partial charge is 0.224 e. The number of hydrogen-bond acceptors (Lipinski definition) is 5. The van der Waals surface area contributed by atoms with Gasteiger partial charge < -0.3 is 14.5 Å². The molecule has 218 valence electrons. The average molecular weight is 559 g/mol. The Labute approximate surface area is 244 Å². The highest BCUT2D eigenvalue weighted by molar-refractivity contribution is 5.77. The van der Waals surface area contributed by atoms with Crippen LogP contribution in [0.5, 0.6) is 5.75 Å². The number of aromatic nitrogens is 1. The zero-order chi connectivity index (χ0) is 28.5. The molecule has 2 aromatic carbocycles. The van der Waals surface area contributed by atoms with E-state index in [1.165, 1.54) is 36.1 Å². The van der Waals surface area contributed by atoms with Gasteiger partial charge in [0.2, 0.25) is 5.91 Å². The second-order valence-electron chi connectivity index (χ2n) is 11.8. The van der Waals surface area contributed by atoms with E-state index >= 15 is 0 Å². The first-order chi connectivity index (χ1) is 20.0. The summed E-state index contributed by atoms with van der Waals surface area (Å²) < 4.78 is 19.6. The van der Waals surface area contributed by atoms with Crippen molar-refractivity contribution in [3.05, 3.63) is 90.0 Å². The van der Waals surface area contributed by atoms with Crippen LogP contribution < -0.4 is 9.64 Å². The molecule has 6 nitrogen and oxygen atoms in total. The van der Waals surface area contributed by atoms with Crippen molar-refractivity contribution in [1.82, 2.24) is 14.8 Å². The number of hydrogen-bond donors (Lipinski definition) is 0. The normalized spacial score (nSPS) is 18.0. The second-order valence-corrected chi connectivity index (χ2v) is 11.8. The van der Waals surface area contributed by atoms with Gasteiger partial charge in [-0.15, -0.1) is 0 Å². The zero-order valence-electron chi connectivity index (χ0n) is 24.3. The third-order valence-electron chi connectivity index (χ3n) is 8.86. The molecular formula is C34H43FN4O2. The minimum absolute atomic E-state index is 0.188. The standard InChI is InChI=1S/C34H43FN4O2/c1-37(31-11-9-30(35)10-12-31)21-15-33(40)39-22-17-34(18-23-39)16-5-4-7-29-6-2-3-8-32(29)41-25-24-38(27-34)26-28-13-19-36-20-14-28/h2-3,6,8-14,19-20H,4-5,7,15-18,21-27H2,1H3. The third kappa shape index (κ3) is 8.07. The molecule has 1 spiro atoms. The summed E-state index contributed by atoms with van der Waals surface area (Å²) in [6, 6.07) is 19.1. The Balaban J connectivity index is 1.23. The number of benzene rings is 2. The highest BCUT2D eigenvalue weighted by atomic mass is 19.1. The van der Waals surface area contributed by atoms with Gasteiger partial charge in [0.1, 0.15) is 18.2 Å². The number of nitrogens with zero attached hydrogens (tertiary/aromatic N) is 4. The lowest BCUT2D eigenvalue weighted by atomic mass is 9.73. The number of aryl methyl sites for hydroxylation is 1. The van der Waals surface area contributed by atoms with Gasteiger partial charge >= 0.3 is 0 Å². The van der Waals surface area contributed by atoms with Gasteiger partial charge in [-0.25, -0.2) is 4.39 Å². The van der Waals surface area contributed by atoms with E-state index in [0.717, 1.165) is 69.8 Å². The third-order valence-corrected chi connectivity index (χ3v) is 8.86. The SMILES string of the molecule is CN(CCC(=O)N1CCC2(CCCCc3ccccc3OCCN(Cc3ccncc3)C2)CC1)c1ccc(F)cc1.